The van der Waals surface area contributed by atoms with Crippen molar-refractivity contribution in [2.24, 2.45) is 17.6 Å². The molecular weight excluding hydrogens is 178 g/mol. The quantitative estimate of drug-likeness (QED) is 0.717. The molecule has 3 atom stereocenters. The molecule has 0 amide bonds. The first kappa shape index (κ1) is 12.0. The van der Waals surface area contributed by atoms with Crippen LogP contribution < -0.4 is 5.73 Å². The van der Waals surface area contributed by atoms with E-state index in [1.807, 2.05) is 0 Å². The molecule has 3 unspecified atom stereocenters. The van der Waals surface area contributed by atoms with Crippen molar-refractivity contribution in [1.82, 2.24) is 0 Å². The zero-order valence-corrected chi connectivity index (χ0v) is 9.33. The van der Waals surface area contributed by atoms with Crippen LogP contribution in [0.25, 0.3) is 0 Å². The van der Waals surface area contributed by atoms with Crippen LogP contribution in [-0.2, 0) is 4.74 Å². The maximum Gasteiger partial charge on any atom is 0.0808 e. The van der Waals surface area contributed by atoms with E-state index in [0.717, 1.165) is 18.8 Å². The van der Waals surface area contributed by atoms with Gasteiger partial charge in [-0.3, -0.25) is 0 Å². The first-order valence-corrected chi connectivity index (χ1v) is 5.58. The Kier molecular flexibility index (Phi) is 4.35. The highest BCUT2D eigenvalue weighted by molar-refractivity contribution is 4.90. The number of aliphatic hydroxyl groups is 1. The molecule has 0 spiro atoms. The lowest BCUT2D eigenvalue weighted by Crippen LogP contribution is -2.46. The minimum Gasteiger partial charge on any atom is -0.394 e. The molecule has 1 rings (SSSR count). The third-order valence-electron chi connectivity index (χ3n) is 3.59. The molecule has 0 radical (unpaired) electrons. The smallest absolute Gasteiger partial charge is 0.0808 e. The average molecular weight is 201 g/mol. The van der Waals surface area contributed by atoms with Crippen molar-refractivity contribution in [3.8, 4) is 0 Å². The van der Waals surface area contributed by atoms with E-state index in [9.17, 15) is 0 Å². The maximum atomic E-state index is 8.76. The van der Waals surface area contributed by atoms with Crippen LogP contribution in [0.15, 0.2) is 0 Å². The molecule has 0 bridgehead atoms. The molecule has 0 aliphatic heterocycles. The third kappa shape index (κ3) is 2.69. The predicted octanol–water partition coefficient (Wildman–Crippen LogP) is 1.15. The Morgan fingerprint density at radius 3 is 2.64 bits per heavy atom. The zero-order valence-electron chi connectivity index (χ0n) is 9.33. The van der Waals surface area contributed by atoms with Crippen molar-refractivity contribution >= 4 is 0 Å². The van der Waals surface area contributed by atoms with Gasteiger partial charge < -0.3 is 15.6 Å². The Balaban J connectivity index is 2.52. The van der Waals surface area contributed by atoms with Crippen molar-refractivity contribution in [3.05, 3.63) is 0 Å². The standard InChI is InChI=1S/C11H23NO2/c1-9-3-4-11(8-12,7-10(9)2)14-6-5-13/h9-10,13H,3-8,12H2,1-2H3. The highest BCUT2D eigenvalue weighted by atomic mass is 16.5. The zero-order chi connectivity index (χ0) is 10.6. The van der Waals surface area contributed by atoms with Crippen molar-refractivity contribution in [1.29, 1.82) is 0 Å². The molecule has 3 heteroatoms. The number of hydrogen-bond acceptors (Lipinski definition) is 3. The number of nitrogens with two attached hydrogens (primary N) is 1. The van der Waals surface area contributed by atoms with E-state index in [2.05, 4.69) is 13.8 Å². The Morgan fingerprint density at radius 1 is 1.43 bits per heavy atom. The highest BCUT2D eigenvalue weighted by Crippen LogP contribution is 2.37. The second kappa shape index (κ2) is 5.10. The van der Waals surface area contributed by atoms with E-state index >= 15 is 0 Å². The lowest BCUT2D eigenvalue weighted by Gasteiger charge is -2.41. The van der Waals surface area contributed by atoms with E-state index in [0.29, 0.717) is 19.1 Å². The molecule has 0 aromatic heterocycles. The van der Waals surface area contributed by atoms with Gasteiger partial charge >= 0.3 is 0 Å². The summed E-state index contributed by atoms with van der Waals surface area (Å²) < 4.78 is 5.71. The minimum absolute atomic E-state index is 0.0890. The Hall–Kier alpha value is -0.120. The van der Waals surface area contributed by atoms with Crippen LogP contribution >= 0.6 is 0 Å². The minimum atomic E-state index is -0.158. The van der Waals surface area contributed by atoms with Gasteiger partial charge in [-0.2, -0.15) is 0 Å². The summed E-state index contributed by atoms with van der Waals surface area (Å²) in [5, 5.41) is 8.76. The van der Waals surface area contributed by atoms with Crippen LogP contribution in [0.1, 0.15) is 33.1 Å². The predicted molar refractivity (Wildman–Crippen MR) is 57.0 cm³/mol. The summed E-state index contributed by atoms with van der Waals surface area (Å²) in [5.41, 5.74) is 5.62. The summed E-state index contributed by atoms with van der Waals surface area (Å²) in [7, 11) is 0. The SMILES string of the molecule is CC1CCC(CN)(OCCO)CC1C. The second-order valence-electron chi connectivity index (χ2n) is 4.66. The van der Waals surface area contributed by atoms with Crippen molar-refractivity contribution in [2.45, 2.75) is 38.7 Å². The van der Waals surface area contributed by atoms with Crippen molar-refractivity contribution in [3.63, 3.8) is 0 Å². The summed E-state index contributed by atoms with van der Waals surface area (Å²) in [6.45, 7) is 5.63. The molecule has 1 aliphatic rings. The monoisotopic (exact) mass is 201 g/mol. The fourth-order valence-electron chi connectivity index (χ4n) is 2.30. The van der Waals surface area contributed by atoms with Gasteiger partial charge in [0.15, 0.2) is 0 Å². The van der Waals surface area contributed by atoms with Crippen LogP contribution in [0.5, 0.6) is 0 Å². The van der Waals surface area contributed by atoms with Crippen molar-refractivity contribution in [2.75, 3.05) is 19.8 Å². The molecule has 3 nitrogen and oxygen atoms in total. The number of rotatable bonds is 4. The summed E-state index contributed by atoms with van der Waals surface area (Å²) in [6.07, 6.45) is 3.25. The normalized spacial score (nSPS) is 38.6. The first-order chi connectivity index (χ1) is 6.63. The molecular formula is C11H23NO2. The van der Waals surface area contributed by atoms with Gasteiger partial charge in [0.1, 0.15) is 0 Å². The molecule has 84 valence electrons. The van der Waals surface area contributed by atoms with Gasteiger partial charge in [0.05, 0.1) is 18.8 Å². The molecule has 0 aromatic rings. The summed E-state index contributed by atoms with van der Waals surface area (Å²) in [5.74, 6) is 1.44. The molecule has 1 fully saturated rings. The van der Waals surface area contributed by atoms with Gasteiger partial charge in [0.2, 0.25) is 0 Å². The number of aliphatic hydroxyl groups excluding tert-OH is 1. The largest absolute Gasteiger partial charge is 0.394 e. The second-order valence-corrected chi connectivity index (χ2v) is 4.66. The molecule has 3 N–H and O–H groups in total. The summed E-state index contributed by atoms with van der Waals surface area (Å²) in [4.78, 5) is 0. The maximum absolute atomic E-state index is 8.76. The van der Waals surface area contributed by atoms with Crippen LogP contribution in [-0.4, -0.2) is 30.5 Å². The van der Waals surface area contributed by atoms with Gasteiger partial charge in [0, 0.05) is 6.54 Å². The van der Waals surface area contributed by atoms with E-state index in [-0.39, 0.29) is 12.2 Å². The first-order valence-electron chi connectivity index (χ1n) is 5.58. The van der Waals surface area contributed by atoms with Crippen molar-refractivity contribution < 1.29 is 9.84 Å². The van der Waals surface area contributed by atoms with Gasteiger partial charge in [-0.25, -0.2) is 0 Å². The summed E-state index contributed by atoms with van der Waals surface area (Å²) in [6, 6.07) is 0. The fourth-order valence-corrected chi connectivity index (χ4v) is 2.30. The average Bonchev–Trinajstić information content (AvgIpc) is 2.20. The van der Waals surface area contributed by atoms with E-state index in [4.69, 9.17) is 15.6 Å². The Labute approximate surface area is 86.6 Å². The Bertz CT molecular complexity index is 171. The lowest BCUT2D eigenvalue weighted by atomic mass is 9.73. The highest BCUT2D eigenvalue weighted by Gasteiger charge is 2.37. The van der Waals surface area contributed by atoms with E-state index in [1.165, 1.54) is 6.42 Å². The van der Waals surface area contributed by atoms with Crippen LogP contribution in [0.3, 0.4) is 0 Å². The van der Waals surface area contributed by atoms with Crippen LogP contribution in [0, 0.1) is 11.8 Å². The van der Waals surface area contributed by atoms with Crippen LogP contribution in [0.4, 0.5) is 0 Å². The number of ether oxygens (including phenoxy) is 1. The van der Waals surface area contributed by atoms with Crippen LogP contribution in [0.2, 0.25) is 0 Å². The topological polar surface area (TPSA) is 55.5 Å². The van der Waals surface area contributed by atoms with Gasteiger partial charge in [-0.15, -0.1) is 0 Å². The fraction of sp³-hybridized carbons (Fsp3) is 1.00. The van der Waals surface area contributed by atoms with E-state index < -0.39 is 0 Å². The van der Waals surface area contributed by atoms with Gasteiger partial charge in [0.25, 0.3) is 0 Å². The molecule has 0 saturated heterocycles. The van der Waals surface area contributed by atoms with E-state index in [1.54, 1.807) is 0 Å². The molecule has 1 saturated carbocycles. The number of hydrogen-bond donors (Lipinski definition) is 2. The third-order valence-corrected chi connectivity index (χ3v) is 3.59. The molecule has 0 aromatic carbocycles. The lowest BCUT2D eigenvalue weighted by molar-refractivity contribution is -0.0926. The molecule has 1 aliphatic carbocycles. The Morgan fingerprint density at radius 2 is 2.14 bits per heavy atom. The van der Waals surface area contributed by atoms with Gasteiger partial charge in [-0.1, -0.05) is 13.8 Å². The molecule has 0 heterocycles. The summed E-state index contributed by atoms with van der Waals surface area (Å²) >= 11 is 0. The van der Waals surface area contributed by atoms with Gasteiger partial charge in [-0.05, 0) is 31.1 Å². The molecule has 14 heavy (non-hydrogen) atoms.